The highest BCUT2D eigenvalue weighted by Gasteiger charge is 2.26. The summed E-state index contributed by atoms with van der Waals surface area (Å²) in [5.41, 5.74) is 0.437. The van der Waals surface area contributed by atoms with Crippen molar-refractivity contribution in [2.75, 3.05) is 5.32 Å². The van der Waals surface area contributed by atoms with E-state index in [4.69, 9.17) is 0 Å². The molecule has 1 aliphatic rings. The van der Waals surface area contributed by atoms with Crippen LogP contribution in [0.5, 0.6) is 0 Å². The molecule has 23 heavy (non-hydrogen) atoms. The molecule has 3 rings (SSSR count). The van der Waals surface area contributed by atoms with Gasteiger partial charge in [-0.2, -0.15) is 0 Å². The lowest BCUT2D eigenvalue weighted by Crippen LogP contribution is -2.29. The van der Waals surface area contributed by atoms with Crippen LogP contribution in [0.4, 0.5) is 10.5 Å². The third-order valence-corrected chi connectivity index (χ3v) is 3.58. The standard InChI is InChI=1S/C15H21N7O/c1-15(2,3)13-16-6-10(7-17-13)20-14(23)18-8-12-21-19-9-22(12)11-4-5-11/h6-7,9,11H,4-5,8H2,1-3H3,(H2,18,20,23). The van der Waals surface area contributed by atoms with Crippen molar-refractivity contribution in [3.8, 4) is 0 Å². The summed E-state index contributed by atoms with van der Waals surface area (Å²) in [7, 11) is 0. The number of hydrogen-bond acceptors (Lipinski definition) is 5. The van der Waals surface area contributed by atoms with E-state index in [1.54, 1.807) is 18.7 Å². The zero-order chi connectivity index (χ0) is 16.4. The number of nitrogens with one attached hydrogen (secondary N) is 2. The van der Waals surface area contributed by atoms with E-state index in [1.165, 1.54) is 0 Å². The molecule has 0 bridgehead atoms. The van der Waals surface area contributed by atoms with Crippen LogP contribution in [0.25, 0.3) is 0 Å². The molecule has 2 amide bonds. The number of urea groups is 1. The number of rotatable bonds is 4. The van der Waals surface area contributed by atoms with Gasteiger partial charge in [0.1, 0.15) is 12.2 Å². The second kappa shape index (κ2) is 5.94. The van der Waals surface area contributed by atoms with E-state index < -0.39 is 0 Å². The number of carbonyl (C=O) groups excluding carboxylic acids is 1. The largest absolute Gasteiger partial charge is 0.331 e. The molecule has 2 N–H and O–H groups in total. The molecular formula is C15H21N7O. The first-order chi connectivity index (χ1) is 10.9. The number of aromatic nitrogens is 5. The molecule has 8 nitrogen and oxygen atoms in total. The number of carbonyl (C=O) groups is 1. The van der Waals surface area contributed by atoms with E-state index in [9.17, 15) is 4.79 Å². The highest BCUT2D eigenvalue weighted by atomic mass is 16.2. The molecule has 1 fully saturated rings. The maximum absolute atomic E-state index is 12.0. The van der Waals surface area contributed by atoms with Gasteiger partial charge < -0.3 is 15.2 Å². The van der Waals surface area contributed by atoms with Gasteiger partial charge in [0, 0.05) is 11.5 Å². The molecule has 0 atom stereocenters. The zero-order valence-electron chi connectivity index (χ0n) is 13.6. The van der Waals surface area contributed by atoms with Gasteiger partial charge in [-0.05, 0) is 12.8 Å². The maximum atomic E-state index is 12.0. The van der Waals surface area contributed by atoms with E-state index in [2.05, 4.69) is 30.8 Å². The van der Waals surface area contributed by atoms with E-state index >= 15 is 0 Å². The second-order valence-corrected chi connectivity index (χ2v) is 6.74. The van der Waals surface area contributed by atoms with E-state index in [-0.39, 0.29) is 11.4 Å². The zero-order valence-corrected chi connectivity index (χ0v) is 13.6. The van der Waals surface area contributed by atoms with Crippen molar-refractivity contribution in [1.29, 1.82) is 0 Å². The summed E-state index contributed by atoms with van der Waals surface area (Å²) in [6.45, 7) is 6.46. The van der Waals surface area contributed by atoms with Gasteiger partial charge in [-0.15, -0.1) is 10.2 Å². The SMILES string of the molecule is CC(C)(C)c1ncc(NC(=O)NCc2nncn2C2CC2)cn1. The van der Waals surface area contributed by atoms with Gasteiger partial charge in [0.2, 0.25) is 0 Å². The van der Waals surface area contributed by atoms with E-state index in [1.807, 2.05) is 25.3 Å². The van der Waals surface area contributed by atoms with Crippen LogP contribution in [0.15, 0.2) is 18.7 Å². The predicted molar refractivity (Wildman–Crippen MR) is 84.9 cm³/mol. The Bertz CT molecular complexity index is 683. The first-order valence-electron chi connectivity index (χ1n) is 7.69. The molecule has 0 aliphatic heterocycles. The van der Waals surface area contributed by atoms with Crippen LogP contribution in [0, 0.1) is 0 Å². The Kier molecular flexibility index (Phi) is 3.97. The minimum Gasteiger partial charge on any atom is -0.331 e. The Morgan fingerprint density at radius 1 is 1.30 bits per heavy atom. The van der Waals surface area contributed by atoms with Gasteiger partial charge in [0.25, 0.3) is 0 Å². The normalized spacial score (nSPS) is 14.6. The summed E-state index contributed by atoms with van der Waals surface area (Å²) in [4.78, 5) is 20.5. The van der Waals surface area contributed by atoms with Crippen LogP contribution in [0.2, 0.25) is 0 Å². The summed E-state index contributed by atoms with van der Waals surface area (Å²) in [5.74, 6) is 1.50. The van der Waals surface area contributed by atoms with Crippen LogP contribution in [0.1, 0.15) is 51.3 Å². The third kappa shape index (κ3) is 3.82. The van der Waals surface area contributed by atoms with Crippen LogP contribution in [0.3, 0.4) is 0 Å². The van der Waals surface area contributed by atoms with Gasteiger partial charge in [0.15, 0.2) is 5.82 Å². The lowest BCUT2D eigenvalue weighted by molar-refractivity contribution is 0.251. The monoisotopic (exact) mass is 315 g/mol. The first-order valence-corrected chi connectivity index (χ1v) is 7.69. The number of hydrogen-bond donors (Lipinski definition) is 2. The Hall–Kier alpha value is -2.51. The molecule has 2 aromatic rings. The van der Waals surface area contributed by atoms with Crippen molar-refractivity contribution < 1.29 is 4.79 Å². The molecule has 2 aromatic heterocycles. The summed E-state index contributed by atoms with van der Waals surface area (Å²) in [5, 5.41) is 13.4. The highest BCUT2D eigenvalue weighted by molar-refractivity contribution is 5.88. The lowest BCUT2D eigenvalue weighted by Gasteiger charge is -2.16. The summed E-state index contributed by atoms with van der Waals surface area (Å²) < 4.78 is 2.02. The fraction of sp³-hybridized carbons (Fsp3) is 0.533. The van der Waals surface area contributed by atoms with Gasteiger partial charge in [-0.25, -0.2) is 14.8 Å². The Morgan fingerprint density at radius 2 is 2.00 bits per heavy atom. The quantitative estimate of drug-likeness (QED) is 0.899. The van der Waals surface area contributed by atoms with Crippen LogP contribution in [-0.4, -0.2) is 30.8 Å². The molecule has 1 saturated carbocycles. The lowest BCUT2D eigenvalue weighted by atomic mass is 9.96. The van der Waals surface area contributed by atoms with Gasteiger partial charge in [-0.1, -0.05) is 20.8 Å². The average molecular weight is 315 g/mol. The molecular weight excluding hydrogens is 294 g/mol. The minimum atomic E-state index is -0.317. The summed E-state index contributed by atoms with van der Waals surface area (Å²) in [6.07, 6.45) is 7.23. The van der Waals surface area contributed by atoms with Gasteiger partial charge in [0.05, 0.1) is 24.6 Å². The Labute approximate surface area is 134 Å². The fourth-order valence-corrected chi connectivity index (χ4v) is 2.17. The third-order valence-electron chi connectivity index (χ3n) is 3.58. The van der Waals surface area contributed by atoms with Crippen LogP contribution >= 0.6 is 0 Å². The second-order valence-electron chi connectivity index (χ2n) is 6.74. The summed E-state index contributed by atoms with van der Waals surface area (Å²) >= 11 is 0. The Morgan fingerprint density at radius 3 is 2.61 bits per heavy atom. The fourth-order valence-electron chi connectivity index (χ4n) is 2.17. The molecule has 2 heterocycles. The number of amides is 2. The van der Waals surface area contributed by atoms with Crippen molar-refractivity contribution >= 4 is 11.7 Å². The molecule has 0 aromatic carbocycles. The molecule has 0 saturated heterocycles. The van der Waals surface area contributed by atoms with Crippen molar-refractivity contribution in [2.24, 2.45) is 0 Å². The minimum absolute atomic E-state index is 0.117. The van der Waals surface area contributed by atoms with Crippen molar-refractivity contribution in [3.05, 3.63) is 30.4 Å². The Balaban J connectivity index is 1.54. The maximum Gasteiger partial charge on any atom is 0.319 e. The highest BCUT2D eigenvalue weighted by Crippen LogP contribution is 2.35. The predicted octanol–water partition coefficient (Wildman–Crippen LogP) is 2.02. The summed E-state index contributed by atoms with van der Waals surface area (Å²) in [6, 6.07) is 0.172. The van der Waals surface area contributed by atoms with Crippen LogP contribution in [-0.2, 0) is 12.0 Å². The molecule has 0 spiro atoms. The van der Waals surface area contributed by atoms with E-state index in [0.29, 0.717) is 18.3 Å². The first kappa shape index (κ1) is 15.4. The number of nitrogens with zero attached hydrogens (tertiary/aromatic N) is 5. The topological polar surface area (TPSA) is 97.6 Å². The molecule has 0 radical (unpaired) electrons. The molecule has 1 aliphatic carbocycles. The van der Waals surface area contributed by atoms with Gasteiger partial charge in [-0.3, -0.25) is 0 Å². The average Bonchev–Trinajstić information content (AvgIpc) is 3.23. The molecule has 122 valence electrons. The van der Waals surface area contributed by atoms with Crippen molar-refractivity contribution in [1.82, 2.24) is 30.0 Å². The van der Waals surface area contributed by atoms with Crippen molar-refractivity contribution in [2.45, 2.75) is 51.6 Å². The smallest absolute Gasteiger partial charge is 0.319 e. The van der Waals surface area contributed by atoms with E-state index in [0.717, 1.165) is 24.5 Å². The number of anilines is 1. The van der Waals surface area contributed by atoms with Gasteiger partial charge >= 0.3 is 6.03 Å². The van der Waals surface area contributed by atoms with Crippen molar-refractivity contribution in [3.63, 3.8) is 0 Å². The van der Waals surface area contributed by atoms with Crippen LogP contribution < -0.4 is 10.6 Å². The molecule has 8 heteroatoms. The molecule has 0 unspecified atom stereocenters.